The van der Waals surface area contributed by atoms with Crippen molar-refractivity contribution in [2.24, 2.45) is 0 Å². The molecule has 1 aliphatic rings. The molecule has 3 rings (SSSR count). The van der Waals surface area contributed by atoms with E-state index >= 15 is 0 Å². The predicted molar refractivity (Wildman–Crippen MR) is 88.0 cm³/mol. The second kappa shape index (κ2) is 6.69. The second-order valence-electron chi connectivity index (χ2n) is 6.11. The summed E-state index contributed by atoms with van der Waals surface area (Å²) in [6, 6.07) is 12.3. The highest BCUT2D eigenvalue weighted by Crippen LogP contribution is 2.33. The monoisotopic (exact) mass is 315 g/mol. The van der Waals surface area contributed by atoms with Crippen LogP contribution in [0, 0.1) is 5.82 Å². The molecule has 0 radical (unpaired) electrons. The van der Waals surface area contributed by atoms with Gasteiger partial charge in [0, 0.05) is 12.1 Å². The minimum atomic E-state index is -0.626. The fourth-order valence-electron chi connectivity index (χ4n) is 3.24. The largest absolute Gasteiger partial charge is 0.497 e. The fraction of sp³-hybridized carbons (Fsp3) is 0.368. The second-order valence-corrected chi connectivity index (χ2v) is 6.11. The fourth-order valence-corrected chi connectivity index (χ4v) is 3.24. The van der Waals surface area contributed by atoms with Gasteiger partial charge in [-0.15, -0.1) is 0 Å². The van der Waals surface area contributed by atoms with Crippen LogP contribution in [-0.4, -0.2) is 18.3 Å². The number of aryl methyl sites for hydroxylation is 1. The summed E-state index contributed by atoms with van der Waals surface area (Å²) in [5.41, 5.74) is 3.04. The van der Waals surface area contributed by atoms with E-state index in [1.54, 1.807) is 13.2 Å². The van der Waals surface area contributed by atoms with E-state index in [0.717, 1.165) is 29.7 Å². The van der Waals surface area contributed by atoms with Gasteiger partial charge < -0.3 is 15.2 Å². The van der Waals surface area contributed by atoms with Gasteiger partial charge in [0.2, 0.25) is 0 Å². The number of hydrogen-bond donors (Lipinski definition) is 2. The van der Waals surface area contributed by atoms with Gasteiger partial charge in [-0.3, -0.25) is 0 Å². The summed E-state index contributed by atoms with van der Waals surface area (Å²) in [6.07, 6.45) is 1.25. The molecular weight excluding hydrogens is 293 g/mol. The van der Waals surface area contributed by atoms with Crippen LogP contribution in [0.5, 0.6) is 5.75 Å². The van der Waals surface area contributed by atoms with Crippen LogP contribution in [0.3, 0.4) is 0 Å². The number of hydrogen-bond acceptors (Lipinski definition) is 3. The zero-order chi connectivity index (χ0) is 16.4. The Morgan fingerprint density at radius 2 is 1.96 bits per heavy atom. The van der Waals surface area contributed by atoms with Gasteiger partial charge in [0.1, 0.15) is 11.6 Å². The van der Waals surface area contributed by atoms with Crippen molar-refractivity contribution in [2.45, 2.75) is 38.0 Å². The first-order valence-electron chi connectivity index (χ1n) is 7.95. The highest BCUT2D eigenvalue weighted by atomic mass is 19.1. The van der Waals surface area contributed by atoms with Crippen LogP contribution in [0.15, 0.2) is 42.5 Å². The van der Waals surface area contributed by atoms with Gasteiger partial charge in [-0.25, -0.2) is 4.39 Å². The van der Waals surface area contributed by atoms with E-state index in [4.69, 9.17) is 4.74 Å². The van der Waals surface area contributed by atoms with E-state index in [0.29, 0.717) is 0 Å². The summed E-state index contributed by atoms with van der Waals surface area (Å²) < 4.78 is 18.6. The number of nitrogens with one attached hydrogen (secondary N) is 1. The Kier molecular flexibility index (Phi) is 4.64. The molecule has 2 aromatic rings. The van der Waals surface area contributed by atoms with Crippen molar-refractivity contribution in [3.05, 3.63) is 65.0 Å². The van der Waals surface area contributed by atoms with Crippen LogP contribution in [0.25, 0.3) is 0 Å². The lowest BCUT2D eigenvalue weighted by Crippen LogP contribution is -2.34. The normalized spacial score (nSPS) is 19.2. The van der Waals surface area contributed by atoms with E-state index in [2.05, 4.69) is 5.32 Å². The van der Waals surface area contributed by atoms with Crippen LogP contribution in [0.1, 0.15) is 42.2 Å². The highest BCUT2D eigenvalue weighted by molar-refractivity contribution is 5.35. The summed E-state index contributed by atoms with van der Waals surface area (Å²) in [6.45, 7) is 1.95. The maximum atomic E-state index is 13.5. The Bertz CT molecular complexity index is 672. The third kappa shape index (κ3) is 3.38. The zero-order valence-corrected chi connectivity index (χ0v) is 13.4. The van der Waals surface area contributed by atoms with Gasteiger partial charge in [-0.05, 0) is 60.7 Å². The van der Waals surface area contributed by atoms with E-state index in [9.17, 15) is 9.50 Å². The third-order valence-electron chi connectivity index (χ3n) is 4.58. The molecule has 0 aromatic heterocycles. The topological polar surface area (TPSA) is 41.5 Å². The molecule has 1 aliphatic carbocycles. The van der Waals surface area contributed by atoms with Crippen LogP contribution < -0.4 is 10.1 Å². The number of aliphatic hydroxyl groups excluding tert-OH is 1. The number of rotatable bonds is 5. The Morgan fingerprint density at radius 3 is 2.65 bits per heavy atom. The Hall–Kier alpha value is -1.91. The molecule has 0 fully saturated rings. The van der Waals surface area contributed by atoms with Crippen LogP contribution >= 0.6 is 0 Å². The summed E-state index contributed by atoms with van der Waals surface area (Å²) in [4.78, 5) is 0. The molecule has 3 atom stereocenters. The van der Waals surface area contributed by atoms with Gasteiger partial charge in [-0.2, -0.15) is 0 Å². The maximum absolute atomic E-state index is 13.5. The van der Waals surface area contributed by atoms with Crippen LogP contribution in [0.2, 0.25) is 0 Å². The molecule has 4 heteroatoms. The van der Waals surface area contributed by atoms with Crippen LogP contribution in [0.4, 0.5) is 4.39 Å². The van der Waals surface area contributed by atoms with Gasteiger partial charge in [0.15, 0.2) is 0 Å². The van der Waals surface area contributed by atoms with E-state index in [-0.39, 0.29) is 17.9 Å². The molecule has 0 spiro atoms. The molecule has 2 aromatic carbocycles. The van der Waals surface area contributed by atoms with Crippen molar-refractivity contribution >= 4 is 0 Å². The zero-order valence-electron chi connectivity index (χ0n) is 13.4. The molecule has 3 unspecified atom stereocenters. The molecule has 0 aliphatic heterocycles. The molecule has 0 heterocycles. The van der Waals surface area contributed by atoms with Crippen molar-refractivity contribution in [1.82, 2.24) is 5.32 Å². The van der Waals surface area contributed by atoms with E-state index < -0.39 is 6.10 Å². The Morgan fingerprint density at radius 1 is 1.22 bits per heavy atom. The van der Waals surface area contributed by atoms with Gasteiger partial charge in [0.25, 0.3) is 0 Å². The standard InChI is InChI=1S/C19H22FNO2/c1-12(19(22)14-4-8-16(23-2)9-5-14)21-18-10-6-13-3-7-15(20)11-17(13)18/h3-5,7-9,11-12,18-19,21-22H,6,10H2,1-2H3. The number of aliphatic hydroxyl groups is 1. The molecule has 2 N–H and O–H groups in total. The molecule has 0 saturated carbocycles. The number of fused-ring (bicyclic) bond motifs is 1. The van der Waals surface area contributed by atoms with Crippen molar-refractivity contribution in [3.8, 4) is 5.75 Å². The summed E-state index contributed by atoms with van der Waals surface area (Å²) >= 11 is 0. The summed E-state index contributed by atoms with van der Waals surface area (Å²) in [5, 5.41) is 14.0. The third-order valence-corrected chi connectivity index (χ3v) is 4.58. The summed E-state index contributed by atoms with van der Waals surface area (Å²) in [5.74, 6) is 0.558. The first kappa shape index (κ1) is 16.0. The van der Waals surface area contributed by atoms with Gasteiger partial charge >= 0.3 is 0 Å². The molecule has 0 bridgehead atoms. The lowest BCUT2D eigenvalue weighted by Gasteiger charge is -2.25. The lowest BCUT2D eigenvalue weighted by atomic mass is 10.0. The van der Waals surface area contributed by atoms with Gasteiger partial charge in [-0.1, -0.05) is 18.2 Å². The highest BCUT2D eigenvalue weighted by Gasteiger charge is 2.26. The number of benzene rings is 2. The maximum Gasteiger partial charge on any atom is 0.123 e. The SMILES string of the molecule is COc1ccc(C(O)C(C)NC2CCc3ccc(F)cc32)cc1. The Labute approximate surface area is 136 Å². The predicted octanol–water partition coefficient (Wildman–Crippen LogP) is 3.53. The minimum Gasteiger partial charge on any atom is -0.497 e. The molecule has 122 valence electrons. The summed E-state index contributed by atoms with van der Waals surface area (Å²) in [7, 11) is 1.62. The van der Waals surface area contributed by atoms with Crippen molar-refractivity contribution in [2.75, 3.05) is 7.11 Å². The van der Waals surface area contributed by atoms with Gasteiger partial charge in [0.05, 0.1) is 13.2 Å². The Balaban J connectivity index is 1.69. The average molecular weight is 315 g/mol. The molecule has 23 heavy (non-hydrogen) atoms. The molecule has 0 amide bonds. The minimum absolute atomic E-state index is 0.0867. The molecular formula is C19H22FNO2. The first-order valence-corrected chi connectivity index (χ1v) is 7.95. The molecule has 0 saturated heterocycles. The number of ether oxygens (including phenoxy) is 1. The van der Waals surface area contributed by atoms with Crippen molar-refractivity contribution in [3.63, 3.8) is 0 Å². The van der Waals surface area contributed by atoms with E-state index in [1.807, 2.05) is 37.3 Å². The smallest absolute Gasteiger partial charge is 0.123 e. The van der Waals surface area contributed by atoms with Crippen molar-refractivity contribution in [1.29, 1.82) is 0 Å². The average Bonchev–Trinajstić information content (AvgIpc) is 2.96. The number of methoxy groups -OCH3 is 1. The first-order chi connectivity index (χ1) is 11.1. The molecule has 3 nitrogen and oxygen atoms in total. The van der Waals surface area contributed by atoms with E-state index in [1.165, 1.54) is 11.6 Å². The quantitative estimate of drug-likeness (QED) is 0.887. The van der Waals surface area contributed by atoms with Crippen molar-refractivity contribution < 1.29 is 14.2 Å². The lowest BCUT2D eigenvalue weighted by molar-refractivity contribution is 0.129. The van der Waals surface area contributed by atoms with Crippen LogP contribution in [-0.2, 0) is 6.42 Å². The number of halogens is 1.